The van der Waals surface area contributed by atoms with Crippen LogP contribution in [0.4, 0.5) is 17.6 Å². The number of nitrogens with zero attached hydrogens (tertiary/aromatic N) is 1. The van der Waals surface area contributed by atoms with Crippen molar-refractivity contribution in [2.24, 2.45) is 0 Å². The molecule has 1 amide bonds. The van der Waals surface area contributed by atoms with Crippen molar-refractivity contribution in [2.75, 3.05) is 12.3 Å². The molecule has 1 aromatic heterocycles. The minimum Gasteiger partial charge on any atom is -0.355 e. The van der Waals surface area contributed by atoms with Crippen molar-refractivity contribution < 1.29 is 22.4 Å². The first-order valence-electron chi connectivity index (χ1n) is 7.68. The van der Waals surface area contributed by atoms with Gasteiger partial charge in [0, 0.05) is 23.7 Å². The van der Waals surface area contributed by atoms with Crippen LogP contribution in [0.5, 0.6) is 0 Å². The molecular weight excluding hydrogens is 372 g/mol. The average molecular weight is 388 g/mol. The third-order valence-corrected chi connectivity index (χ3v) is 4.45. The van der Waals surface area contributed by atoms with Crippen molar-refractivity contribution in [1.29, 1.82) is 0 Å². The largest absolute Gasteiger partial charge is 0.417 e. The van der Waals surface area contributed by atoms with Gasteiger partial charge in [0.2, 0.25) is 5.91 Å². The Hall–Kier alpha value is -2.29. The lowest BCUT2D eigenvalue weighted by Crippen LogP contribution is -2.33. The first-order valence-corrected chi connectivity index (χ1v) is 8.67. The van der Waals surface area contributed by atoms with Gasteiger partial charge in [0.1, 0.15) is 12.4 Å². The summed E-state index contributed by atoms with van der Waals surface area (Å²) in [7, 11) is 0. The molecule has 0 unspecified atom stereocenters. The van der Waals surface area contributed by atoms with Crippen LogP contribution in [0, 0.1) is 5.82 Å². The second kappa shape index (κ2) is 8.88. The lowest BCUT2D eigenvalue weighted by atomic mass is 10.3. The van der Waals surface area contributed by atoms with Crippen molar-refractivity contribution in [3.63, 3.8) is 0 Å². The van der Waals surface area contributed by atoms with Gasteiger partial charge in [-0.1, -0.05) is 0 Å². The molecule has 0 atom stereocenters. The van der Waals surface area contributed by atoms with Gasteiger partial charge in [-0.2, -0.15) is 13.2 Å². The number of nitrogens with one attached hydrogen (secondary N) is 1. The van der Waals surface area contributed by atoms with E-state index in [0.717, 1.165) is 15.5 Å². The van der Waals surface area contributed by atoms with Gasteiger partial charge < -0.3 is 9.88 Å². The number of halogens is 4. The molecule has 0 aliphatic rings. The van der Waals surface area contributed by atoms with Crippen molar-refractivity contribution in [2.45, 2.75) is 24.0 Å². The number of aromatic nitrogens is 1. The molecule has 0 fully saturated rings. The number of carbonyl (C=O) groups excluding carboxylic acids is 1. The Labute approximate surface area is 151 Å². The van der Waals surface area contributed by atoms with Gasteiger partial charge in [0.15, 0.2) is 0 Å². The molecule has 0 saturated heterocycles. The number of amides is 1. The van der Waals surface area contributed by atoms with Gasteiger partial charge in [-0.15, -0.1) is 11.8 Å². The number of hydrogen-bond acceptors (Lipinski definition) is 3. The molecule has 0 aliphatic carbocycles. The second-order valence-corrected chi connectivity index (χ2v) is 6.56. The van der Waals surface area contributed by atoms with Gasteiger partial charge in [-0.3, -0.25) is 9.59 Å². The Morgan fingerprint density at radius 2 is 1.81 bits per heavy atom. The van der Waals surface area contributed by atoms with Crippen LogP contribution in [0.1, 0.15) is 12.0 Å². The van der Waals surface area contributed by atoms with Crippen LogP contribution < -0.4 is 10.9 Å². The smallest absolute Gasteiger partial charge is 0.355 e. The number of alkyl halides is 3. The summed E-state index contributed by atoms with van der Waals surface area (Å²) < 4.78 is 51.4. The maximum Gasteiger partial charge on any atom is 0.417 e. The minimum absolute atomic E-state index is 0.313. The average Bonchev–Trinajstić information content (AvgIpc) is 2.57. The molecule has 0 bridgehead atoms. The number of hydrogen-bond donors (Lipinski definition) is 1. The molecule has 0 saturated carbocycles. The summed E-state index contributed by atoms with van der Waals surface area (Å²) in [6.45, 7) is -0.158. The number of carbonyl (C=O) groups is 1. The third kappa shape index (κ3) is 6.21. The van der Waals surface area contributed by atoms with E-state index in [9.17, 15) is 27.2 Å². The summed E-state index contributed by atoms with van der Waals surface area (Å²) in [5.41, 5.74) is -1.67. The van der Waals surface area contributed by atoms with Crippen molar-refractivity contribution >= 4 is 17.7 Å². The fourth-order valence-electron chi connectivity index (χ4n) is 2.05. The van der Waals surface area contributed by atoms with E-state index in [1.54, 1.807) is 12.1 Å². The van der Waals surface area contributed by atoms with Crippen LogP contribution in [-0.2, 0) is 17.5 Å². The summed E-state index contributed by atoms with van der Waals surface area (Å²) >= 11 is 1.49. The molecule has 26 heavy (non-hydrogen) atoms. The van der Waals surface area contributed by atoms with Crippen molar-refractivity contribution in [3.05, 3.63) is 64.3 Å². The molecule has 2 rings (SSSR count). The SMILES string of the molecule is O=C(Cn1cc(C(F)(F)F)ccc1=O)NCCCSc1ccc(F)cc1. The molecule has 0 radical (unpaired) electrons. The standard InChI is InChI=1S/C17H16F4N2O2S/c18-13-3-5-14(6-4-13)26-9-1-8-22-15(24)11-23-10-12(17(19,20)21)2-7-16(23)25/h2-7,10H,1,8-9,11H2,(H,22,24). The maximum absolute atomic E-state index is 12.8. The Morgan fingerprint density at radius 3 is 2.46 bits per heavy atom. The van der Waals surface area contributed by atoms with Gasteiger partial charge in [0.05, 0.1) is 5.56 Å². The van der Waals surface area contributed by atoms with Crippen LogP contribution >= 0.6 is 11.8 Å². The first-order chi connectivity index (χ1) is 12.3. The fraction of sp³-hybridized carbons (Fsp3) is 0.294. The number of benzene rings is 1. The predicted octanol–water partition coefficient (Wildman–Crippen LogP) is 3.30. The van der Waals surface area contributed by atoms with E-state index in [0.29, 0.717) is 31.0 Å². The van der Waals surface area contributed by atoms with E-state index in [4.69, 9.17) is 0 Å². The van der Waals surface area contributed by atoms with Gasteiger partial charge in [-0.05, 0) is 42.5 Å². The Morgan fingerprint density at radius 1 is 1.12 bits per heavy atom. The number of rotatable bonds is 7. The van der Waals surface area contributed by atoms with Gasteiger partial charge in [0.25, 0.3) is 5.56 Å². The monoisotopic (exact) mass is 388 g/mol. The van der Waals surface area contributed by atoms with Gasteiger partial charge >= 0.3 is 6.18 Å². The molecule has 1 aromatic carbocycles. The predicted molar refractivity (Wildman–Crippen MR) is 90.5 cm³/mol. The molecule has 1 heterocycles. The summed E-state index contributed by atoms with van der Waals surface area (Å²) in [6, 6.07) is 7.49. The zero-order valence-electron chi connectivity index (χ0n) is 13.6. The molecule has 9 heteroatoms. The summed E-state index contributed by atoms with van der Waals surface area (Å²) in [5, 5.41) is 2.56. The number of thioether (sulfide) groups is 1. The fourth-order valence-corrected chi connectivity index (χ4v) is 2.91. The molecule has 4 nitrogen and oxygen atoms in total. The summed E-state index contributed by atoms with van der Waals surface area (Å²) in [4.78, 5) is 24.3. The minimum atomic E-state index is -4.58. The van der Waals surface area contributed by atoms with E-state index in [-0.39, 0.29) is 5.82 Å². The van der Waals surface area contributed by atoms with E-state index < -0.39 is 29.8 Å². The molecule has 140 valence electrons. The zero-order valence-corrected chi connectivity index (χ0v) is 14.4. The normalized spacial score (nSPS) is 11.4. The first kappa shape index (κ1) is 20.0. The lowest BCUT2D eigenvalue weighted by Gasteiger charge is -2.11. The van der Waals surface area contributed by atoms with E-state index in [1.807, 2.05) is 0 Å². The Kier molecular flexibility index (Phi) is 6.84. The topological polar surface area (TPSA) is 51.1 Å². The van der Waals surface area contributed by atoms with Crippen LogP contribution in [0.2, 0.25) is 0 Å². The highest BCUT2D eigenvalue weighted by atomic mass is 32.2. The Balaban J connectivity index is 1.77. The van der Waals surface area contributed by atoms with E-state index in [2.05, 4.69) is 5.32 Å². The van der Waals surface area contributed by atoms with Crippen molar-refractivity contribution in [1.82, 2.24) is 9.88 Å². The molecule has 0 aliphatic heterocycles. The van der Waals surface area contributed by atoms with E-state index in [1.165, 1.54) is 23.9 Å². The zero-order chi connectivity index (χ0) is 19.2. The second-order valence-electron chi connectivity index (χ2n) is 5.39. The third-order valence-electron chi connectivity index (χ3n) is 3.35. The van der Waals surface area contributed by atoms with Crippen LogP contribution in [0.25, 0.3) is 0 Å². The maximum atomic E-state index is 12.8. The van der Waals surface area contributed by atoms with Crippen molar-refractivity contribution in [3.8, 4) is 0 Å². The summed E-state index contributed by atoms with van der Waals surface area (Å²) in [6.07, 6.45) is -3.33. The lowest BCUT2D eigenvalue weighted by molar-refractivity contribution is -0.138. The molecule has 2 aromatic rings. The highest BCUT2D eigenvalue weighted by molar-refractivity contribution is 7.99. The molecule has 1 N–H and O–H groups in total. The van der Waals surface area contributed by atoms with E-state index >= 15 is 0 Å². The van der Waals surface area contributed by atoms with Crippen LogP contribution in [0.15, 0.2) is 52.3 Å². The molecular formula is C17H16F4N2O2S. The number of pyridine rings is 1. The highest BCUT2D eigenvalue weighted by Gasteiger charge is 2.31. The summed E-state index contributed by atoms with van der Waals surface area (Å²) in [5.74, 6) is -0.181. The highest BCUT2D eigenvalue weighted by Crippen LogP contribution is 2.27. The van der Waals surface area contributed by atoms with Gasteiger partial charge in [-0.25, -0.2) is 4.39 Å². The molecule has 0 spiro atoms. The van der Waals surface area contributed by atoms with Crippen LogP contribution in [-0.4, -0.2) is 22.8 Å². The quantitative estimate of drug-likeness (QED) is 0.450. The van der Waals surface area contributed by atoms with Crippen LogP contribution in [0.3, 0.4) is 0 Å². The Bertz CT molecular complexity index is 804.